The van der Waals surface area contributed by atoms with E-state index in [1.54, 1.807) is 0 Å². The van der Waals surface area contributed by atoms with Crippen LogP contribution in [-0.4, -0.2) is 97.0 Å². The Morgan fingerprint density at radius 2 is 1.35 bits per heavy atom. The van der Waals surface area contributed by atoms with Gasteiger partial charge in [-0.2, -0.15) is 0 Å². The summed E-state index contributed by atoms with van der Waals surface area (Å²) in [6.07, 6.45) is -7.98. The molecule has 1 heterocycles. The van der Waals surface area contributed by atoms with Gasteiger partial charge in [0.05, 0.1) is 6.10 Å². The Morgan fingerprint density at radius 3 is 1.88 bits per heavy atom. The second-order valence-corrected chi connectivity index (χ2v) is 11.3. The van der Waals surface area contributed by atoms with Crippen molar-refractivity contribution >= 4 is 35.9 Å². The SMILES string of the molecule is CC(=O)NC1C(O[C@H](C)[C@H](NC(=O)OCC2c3ccccc3-c3ccccc32)C(=O)O)OC(COC(C)=O)C(OC(C)=O)C1OC(C)=O. The Balaban J connectivity index is 1.52. The molecule has 0 bridgehead atoms. The number of aliphatic carboxylic acids is 1. The van der Waals surface area contributed by atoms with E-state index in [9.17, 15) is 33.9 Å². The fraction of sp³-hybridized carbons (Fsp3) is 0.455. The van der Waals surface area contributed by atoms with Crippen LogP contribution in [0.4, 0.5) is 4.79 Å². The number of carbonyl (C=O) groups is 6. The lowest BCUT2D eigenvalue weighted by atomic mass is 9.95. The Morgan fingerprint density at radius 1 is 0.792 bits per heavy atom. The molecule has 0 radical (unpaired) electrons. The molecule has 5 unspecified atom stereocenters. The van der Waals surface area contributed by atoms with Gasteiger partial charge in [-0.15, -0.1) is 0 Å². The van der Waals surface area contributed by atoms with E-state index in [4.69, 9.17) is 28.4 Å². The number of carboxylic acids is 1. The van der Waals surface area contributed by atoms with Crippen LogP contribution >= 0.6 is 0 Å². The van der Waals surface area contributed by atoms with E-state index in [0.29, 0.717) is 0 Å². The molecule has 0 aromatic heterocycles. The zero-order valence-corrected chi connectivity index (χ0v) is 27.0. The minimum Gasteiger partial charge on any atom is -0.480 e. The Bertz CT molecular complexity index is 1500. The van der Waals surface area contributed by atoms with Crippen molar-refractivity contribution in [2.75, 3.05) is 13.2 Å². The van der Waals surface area contributed by atoms with Gasteiger partial charge in [0.15, 0.2) is 24.5 Å². The monoisotopic (exact) mass is 670 g/mol. The van der Waals surface area contributed by atoms with Crippen molar-refractivity contribution in [2.24, 2.45) is 0 Å². The smallest absolute Gasteiger partial charge is 0.407 e. The molecule has 15 heteroatoms. The van der Waals surface area contributed by atoms with Gasteiger partial charge in [-0.1, -0.05) is 48.5 Å². The summed E-state index contributed by atoms with van der Waals surface area (Å²) in [5.74, 6) is -4.67. The highest BCUT2D eigenvalue weighted by molar-refractivity contribution is 5.81. The summed E-state index contributed by atoms with van der Waals surface area (Å²) < 4.78 is 33.2. The average Bonchev–Trinajstić information content (AvgIpc) is 3.33. The van der Waals surface area contributed by atoms with Gasteiger partial charge in [0.2, 0.25) is 5.91 Å². The molecule has 2 aromatic rings. The molecule has 1 saturated heterocycles. The van der Waals surface area contributed by atoms with Crippen molar-refractivity contribution in [3.05, 3.63) is 59.7 Å². The number of carbonyl (C=O) groups excluding carboxylic acids is 5. The van der Waals surface area contributed by atoms with Crippen molar-refractivity contribution < 1.29 is 62.3 Å². The summed E-state index contributed by atoms with van der Waals surface area (Å²) in [5, 5.41) is 14.9. The number of esters is 3. The van der Waals surface area contributed by atoms with Gasteiger partial charge in [-0.3, -0.25) is 19.2 Å². The number of nitrogens with one attached hydrogen (secondary N) is 2. The average molecular weight is 671 g/mol. The number of amides is 2. The standard InChI is InChI=1S/C33H38N2O13/c1-16(27(31(40)41)35-33(42)44-14-25-23-12-8-6-10-21(23)22-11-7-9-13-24(22)25)45-32-28(34-17(2)36)30(47-20(5)39)29(46-19(4)38)26(48-32)15-43-18(3)37/h6-13,16,25-30,32H,14-15H2,1-5H3,(H,34,36)(H,35,42)(H,40,41)/t16-,26?,27+,28?,29?,30?,32?/m1/s1. The summed E-state index contributed by atoms with van der Waals surface area (Å²) >= 11 is 0. The lowest BCUT2D eigenvalue weighted by Gasteiger charge is -2.45. The summed E-state index contributed by atoms with van der Waals surface area (Å²) in [6.45, 7) is 5.26. The number of rotatable bonds is 12. The highest BCUT2D eigenvalue weighted by Gasteiger charge is 2.52. The number of ether oxygens (including phenoxy) is 6. The quantitative estimate of drug-likeness (QED) is 0.219. The van der Waals surface area contributed by atoms with Gasteiger partial charge in [-0.05, 0) is 29.2 Å². The fourth-order valence-corrected chi connectivity index (χ4v) is 5.84. The molecule has 0 saturated carbocycles. The molecule has 1 aliphatic carbocycles. The van der Waals surface area contributed by atoms with Gasteiger partial charge in [0.25, 0.3) is 0 Å². The molecule has 15 nitrogen and oxygen atoms in total. The molecule has 48 heavy (non-hydrogen) atoms. The summed E-state index contributed by atoms with van der Waals surface area (Å²) in [5.41, 5.74) is 3.97. The first-order valence-corrected chi connectivity index (χ1v) is 15.2. The third-order valence-corrected chi connectivity index (χ3v) is 7.77. The summed E-state index contributed by atoms with van der Waals surface area (Å²) in [4.78, 5) is 73.2. The van der Waals surface area contributed by atoms with Crippen LogP contribution in [0.25, 0.3) is 11.1 Å². The van der Waals surface area contributed by atoms with Crippen LogP contribution in [0.1, 0.15) is 51.7 Å². The molecule has 4 rings (SSSR count). The number of hydrogen-bond acceptors (Lipinski definition) is 12. The number of hydrogen-bond donors (Lipinski definition) is 3. The van der Waals surface area contributed by atoms with Crippen molar-refractivity contribution in [2.45, 2.75) is 83.3 Å². The third kappa shape index (κ3) is 8.66. The maximum Gasteiger partial charge on any atom is 0.407 e. The van der Waals surface area contributed by atoms with Gasteiger partial charge in [0, 0.05) is 33.6 Å². The summed E-state index contributed by atoms with van der Waals surface area (Å²) in [7, 11) is 0. The van der Waals surface area contributed by atoms with E-state index in [1.165, 1.54) is 6.92 Å². The highest BCUT2D eigenvalue weighted by atomic mass is 16.7. The first-order chi connectivity index (χ1) is 22.8. The molecule has 1 aliphatic heterocycles. The molecule has 3 N–H and O–H groups in total. The first-order valence-electron chi connectivity index (χ1n) is 15.2. The van der Waals surface area contributed by atoms with Crippen LogP contribution in [-0.2, 0) is 52.4 Å². The maximum atomic E-state index is 13.0. The van der Waals surface area contributed by atoms with E-state index < -0.39 is 85.3 Å². The first kappa shape index (κ1) is 35.8. The Kier molecular flexibility index (Phi) is 11.7. The molecule has 7 atom stereocenters. The molecule has 0 spiro atoms. The maximum absolute atomic E-state index is 13.0. The van der Waals surface area contributed by atoms with Crippen LogP contribution < -0.4 is 10.6 Å². The van der Waals surface area contributed by atoms with Crippen molar-refractivity contribution in [1.82, 2.24) is 10.6 Å². The van der Waals surface area contributed by atoms with Gasteiger partial charge in [-0.25, -0.2) is 9.59 Å². The third-order valence-electron chi connectivity index (χ3n) is 7.77. The van der Waals surface area contributed by atoms with Crippen LogP contribution in [0.2, 0.25) is 0 Å². The predicted molar refractivity (Wildman–Crippen MR) is 164 cm³/mol. The van der Waals surface area contributed by atoms with Crippen LogP contribution in [0.3, 0.4) is 0 Å². The van der Waals surface area contributed by atoms with Crippen molar-refractivity contribution in [1.29, 1.82) is 0 Å². The zero-order valence-electron chi connectivity index (χ0n) is 27.0. The molecule has 2 aliphatic rings. The second-order valence-electron chi connectivity index (χ2n) is 11.3. The van der Waals surface area contributed by atoms with E-state index in [0.717, 1.165) is 49.9 Å². The molecule has 2 amide bonds. The number of fused-ring (bicyclic) bond motifs is 3. The van der Waals surface area contributed by atoms with Crippen molar-refractivity contribution in [3.63, 3.8) is 0 Å². The van der Waals surface area contributed by atoms with E-state index in [1.807, 2.05) is 48.5 Å². The van der Waals surface area contributed by atoms with E-state index in [-0.39, 0.29) is 12.5 Å². The summed E-state index contributed by atoms with van der Waals surface area (Å²) in [6, 6.07) is 12.4. The topological polar surface area (TPSA) is 202 Å². The number of carboxylic acid groups (broad SMARTS) is 1. The second kappa shape index (κ2) is 15.7. The van der Waals surface area contributed by atoms with Gasteiger partial charge >= 0.3 is 30.0 Å². The van der Waals surface area contributed by atoms with E-state index >= 15 is 0 Å². The predicted octanol–water partition coefficient (Wildman–Crippen LogP) is 2.04. The Labute approximate surface area is 276 Å². The largest absolute Gasteiger partial charge is 0.480 e. The molecular formula is C33H38N2O13. The lowest BCUT2D eigenvalue weighted by Crippen LogP contribution is -2.67. The van der Waals surface area contributed by atoms with Gasteiger partial charge in [0.1, 0.15) is 25.4 Å². The molecular weight excluding hydrogens is 632 g/mol. The molecule has 1 fully saturated rings. The van der Waals surface area contributed by atoms with E-state index in [2.05, 4.69) is 10.6 Å². The normalized spacial score (nSPS) is 22.6. The Hall–Kier alpha value is -5.02. The number of alkyl carbamates (subject to hydrolysis) is 1. The lowest BCUT2D eigenvalue weighted by molar-refractivity contribution is -0.287. The fourth-order valence-electron chi connectivity index (χ4n) is 5.84. The van der Waals surface area contributed by atoms with Crippen LogP contribution in [0.5, 0.6) is 0 Å². The molecule has 258 valence electrons. The zero-order chi connectivity index (χ0) is 35.1. The van der Waals surface area contributed by atoms with Gasteiger partial charge < -0.3 is 44.2 Å². The highest BCUT2D eigenvalue weighted by Crippen LogP contribution is 2.44. The van der Waals surface area contributed by atoms with Crippen molar-refractivity contribution in [3.8, 4) is 11.1 Å². The van der Waals surface area contributed by atoms with Crippen LogP contribution in [0.15, 0.2) is 48.5 Å². The minimum atomic E-state index is -1.69. The number of benzene rings is 2. The minimum absolute atomic E-state index is 0.0722. The molecule has 2 aromatic carbocycles. The van der Waals surface area contributed by atoms with Crippen LogP contribution in [0, 0.1) is 0 Å².